The Morgan fingerprint density at radius 2 is 2.40 bits per heavy atom. The quantitative estimate of drug-likeness (QED) is 0.711. The first-order chi connectivity index (χ1) is 7.13. The molecule has 1 atom stereocenters. The second-order valence-corrected chi connectivity index (χ2v) is 3.74. The Hall–Kier alpha value is -1.16. The van der Waals surface area contributed by atoms with E-state index in [4.69, 9.17) is 4.74 Å². The lowest BCUT2D eigenvalue weighted by atomic mass is 10.1. The molecule has 0 aliphatic rings. The molecule has 0 fully saturated rings. The van der Waals surface area contributed by atoms with Gasteiger partial charge in [-0.3, -0.25) is 9.48 Å². The van der Waals surface area contributed by atoms with Gasteiger partial charge in [0.15, 0.2) is 0 Å². The number of carbonyl (C=O) groups excluding carboxylic acids is 1. The van der Waals surface area contributed by atoms with Gasteiger partial charge in [-0.25, -0.2) is 0 Å². The van der Waals surface area contributed by atoms with Gasteiger partial charge in [0.1, 0.15) is 5.78 Å². The molecule has 1 rings (SSSR count). The van der Waals surface area contributed by atoms with Crippen LogP contribution in [0.4, 0.5) is 0 Å². The summed E-state index contributed by atoms with van der Waals surface area (Å²) < 4.78 is 6.84. The fraction of sp³-hybridized carbons (Fsp3) is 0.636. The number of carbonyl (C=O) groups is 1. The minimum atomic E-state index is 0.0176. The summed E-state index contributed by atoms with van der Waals surface area (Å²) >= 11 is 0. The molecule has 0 saturated heterocycles. The molecule has 0 aliphatic carbocycles. The van der Waals surface area contributed by atoms with E-state index in [2.05, 4.69) is 5.10 Å². The summed E-state index contributed by atoms with van der Waals surface area (Å²) in [6.45, 7) is 1.90. The zero-order chi connectivity index (χ0) is 11.3. The zero-order valence-corrected chi connectivity index (χ0v) is 9.56. The molecule has 0 radical (unpaired) electrons. The molecule has 0 spiro atoms. The van der Waals surface area contributed by atoms with Crippen molar-refractivity contribution < 1.29 is 9.53 Å². The van der Waals surface area contributed by atoms with Gasteiger partial charge < -0.3 is 4.74 Å². The zero-order valence-electron chi connectivity index (χ0n) is 9.56. The maximum absolute atomic E-state index is 11.5. The SMILES string of the molecule is COC(C)CC(=O)CCc1ccnn1C. The summed E-state index contributed by atoms with van der Waals surface area (Å²) in [6, 6.07) is 1.94. The van der Waals surface area contributed by atoms with Gasteiger partial charge in [-0.15, -0.1) is 0 Å². The molecule has 4 nitrogen and oxygen atoms in total. The predicted molar refractivity (Wildman–Crippen MR) is 57.6 cm³/mol. The lowest BCUT2D eigenvalue weighted by molar-refractivity contribution is -0.121. The monoisotopic (exact) mass is 210 g/mol. The Morgan fingerprint density at radius 1 is 1.67 bits per heavy atom. The number of rotatable bonds is 6. The van der Waals surface area contributed by atoms with Crippen molar-refractivity contribution in [2.45, 2.75) is 32.3 Å². The molecule has 15 heavy (non-hydrogen) atoms. The van der Waals surface area contributed by atoms with E-state index >= 15 is 0 Å². The van der Waals surface area contributed by atoms with E-state index < -0.39 is 0 Å². The maximum Gasteiger partial charge on any atom is 0.135 e. The van der Waals surface area contributed by atoms with Crippen LogP contribution < -0.4 is 0 Å². The van der Waals surface area contributed by atoms with Gasteiger partial charge in [0.25, 0.3) is 0 Å². The number of ether oxygens (including phenoxy) is 1. The number of aryl methyl sites for hydroxylation is 2. The number of Topliss-reactive ketones (excluding diaryl/α,β-unsaturated/α-hetero) is 1. The molecule has 0 N–H and O–H groups in total. The van der Waals surface area contributed by atoms with Gasteiger partial charge >= 0.3 is 0 Å². The summed E-state index contributed by atoms with van der Waals surface area (Å²) in [5.41, 5.74) is 1.09. The summed E-state index contributed by atoms with van der Waals surface area (Å²) in [5, 5.41) is 4.05. The van der Waals surface area contributed by atoms with E-state index in [1.807, 2.05) is 20.0 Å². The van der Waals surface area contributed by atoms with Crippen molar-refractivity contribution in [1.29, 1.82) is 0 Å². The van der Waals surface area contributed by atoms with E-state index in [9.17, 15) is 4.79 Å². The van der Waals surface area contributed by atoms with Crippen LogP contribution >= 0.6 is 0 Å². The minimum Gasteiger partial charge on any atom is -0.381 e. The largest absolute Gasteiger partial charge is 0.381 e. The summed E-state index contributed by atoms with van der Waals surface area (Å²) in [7, 11) is 3.51. The number of hydrogen-bond acceptors (Lipinski definition) is 3. The Labute approximate surface area is 90.2 Å². The van der Waals surface area contributed by atoms with E-state index in [1.165, 1.54) is 0 Å². The first-order valence-electron chi connectivity index (χ1n) is 5.15. The third-order valence-electron chi connectivity index (χ3n) is 2.50. The molecular weight excluding hydrogens is 192 g/mol. The summed E-state index contributed by atoms with van der Waals surface area (Å²) in [4.78, 5) is 11.5. The fourth-order valence-corrected chi connectivity index (χ4v) is 1.42. The Morgan fingerprint density at radius 3 is 2.93 bits per heavy atom. The molecular formula is C11H18N2O2. The Kier molecular flexibility index (Phi) is 4.49. The fourth-order valence-electron chi connectivity index (χ4n) is 1.42. The highest BCUT2D eigenvalue weighted by Gasteiger charge is 2.09. The van der Waals surface area contributed by atoms with Crippen LogP contribution in [0.15, 0.2) is 12.3 Å². The van der Waals surface area contributed by atoms with Gasteiger partial charge in [-0.1, -0.05) is 0 Å². The Bertz CT molecular complexity index is 320. The van der Waals surface area contributed by atoms with Crippen LogP contribution in [0.2, 0.25) is 0 Å². The van der Waals surface area contributed by atoms with Crippen LogP contribution in [0.25, 0.3) is 0 Å². The summed E-state index contributed by atoms with van der Waals surface area (Å²) in [6.07, 6.45) is 3.58. The van der Waals surface area contributed by atoms with Crippen molar-refractivity contribution in [1.82, 2.24) is 9.78 Å². The van der Waals surface area contributed by atoms with Gasteiger partial charge in [-0.05, 0) is 19.4 Å². The van der Waals surface area contributed by atoms with Crippen LogP contribution in [0.1, 0.15) is 25.5 Å². The number of ketones is 1. The minimum absolute atomic E-state index is 0.0176. The second-order valence-electron chi connectivity index (χ2n) is 3.74. The molecule has 1 heterocycles. The molecule has 84 valence electrons. The highest BCUT2D eigenvalue weighted by Crippen LogP contribution is 2.05. The van der Waals surface area contributed by atoms with Crippen LogP contribution in [-0.4, -0.2) is 28.8 Å². The maximum atomic E-state index is 11.5. The van der Waals surface area contributed by atoms with Crippen molar-refractivity contribution in [2.24, 2.45) is 7.05 Å². The lowest BCUT2D eigenvalue weighted by Gasteiger charge is -2.07. The molecule has 0 aliphatic heterocycles. The highest BCUT2D eigenvalue weighted by atomic mass is 16.5. The number of methoxy groups -OCH3 is 1. The molecule has 4 heteroatoms. The molecule has 1 aromatic heterocycles. The molecule has 0 saturated carbocycles. The summed E-state index contributed by atoms with van der Waals surface area (Å²) in [5.74, 6) is 0.241. The first-order valence-corrected chi connectivity index (χ1v) is 5.15. The van der Waals surface area contributed by atoms with Crippen LogP contribution in [0, 0.1) is 0 Å². The van der Waals surface area contributed by atoms with Gasteiger partial charge in [0.2, 0.25) is 0 Å². The number of nitrogens with zero attached hydrogens (tertiary/aromatic N) is 2. The van der Waals surface area contributed by atoms with Gasteiger partial charge in [0.05, 0.1) is 6.10 Å². The number of aromatic nitrogens is 2. The van der Waals surface area contributed by atoms with Crippen LogP contribution in [0.5, 0.6) is 0 Å². The predicted octanol–water partition coefficient (Wildman–Crippen LogP) is 1.35. The molecule has 0 aromatic carbocycles. The Balaban J connectivity index is 2.31. The highest BCUT2D eigenvalue weighted by molar-refractivity contribution is 5.79. The molecule has 1 aromatic rings. The molecule has 0 amide bonds. The van der Waals surface area contributed by atoms with Gasteiger partial charge in [-0.2, -0.15) is 5.10 Å². The topological polar surface area (TPSA) is 44.1 Å². The van der Waals surface area contributed by atoms with Crippen molar-refractivity contribution in [3.8, 4) is 0 Å². The smallest absolute Gasteiger partial charge is 0.135 e. The average molecular weight is 210 g/mol. The van der Waals surface area contributed by atoms with E-state index in [0.29, 0.717) is 12.8 Å². The standard InChI is InChI=1S/C11H18N2O2/c1-9(15-3)8-11(14)5-4-10-6-7-12-13(10)2/h6-7,9H,4-5,8H2,1-3H3. The van der Waals surface area contributed by atoms with Crippen molar-refractivity contribution in [3.05, 3.63) is 18.0 Å². The van der Waals surface area contributed by atoms with E-state index in [1.54, 1.807) is 18.0 Å². The van der Waals surface area contributed by atoms with E-state index in [-0.39, 0.29) is 11.9 Å². The average Bonchev–Trinajstić information content (AvgIpc) is 2.61. The van der Waals surface area contributed by atoms with E-state index in [0.717, 1.165) is 12.1 Å². The third kappa shape index (κ3) is 3.83. The first kappa shape index (κ1) is 11.9. The van der Waals surface area contributed by atoms with Gasteiger partial charge in [0, 0.05) is 38.9 Å². The molecule has 0 bridgehead atoms. The lowest BCUT2D eigenvalue weighted by Crippen LogP contribution is -2.13. The van der Waals surface area contributed by atoms with Crippen molar-refractivity contribution in [3.63, 3.8) is 0 Å². The second kappa shape index (κ2) is 5.66. The van der Waals surface area contributed by atoms with Crippen molar-refractivity contribution in [2.75, 3.05) is 7.11 Å². The van der Waals surface area contributed by atoms with Crippen LogP contribution in [-0.2, 0) is 23.0 Å². The third-order valence-corrected chi connectivity index (χ3v) is 2.50. The molecule has 1 unspecified atom stereocenters. The van der Waals surface area contributed by atoms with Crippen LogP contribution in [0.3, 0.4) is 0 Å². The van der Waals surface area contributed by atoms with Crippen molar-refractivity contribution >= 4 is 5.78 Å². The normalized spacial score (nSPS) is 12.7. The number of hydrogen-bond donors (Lipinski definition) is 0.